The van der Waals surface area contributed by atoms with E-state index in [1.54, 1.807) is 34.9 Å². The number of rotatable bonds is 7. The van der Waals surface area contributed by atoms with E-state index < -0.39 is 21.3 Å². The van der Waals surface area contributed by atoms with Gasteiger partial charge in [-0.05, 0) is 53.6 Å². The molecule has 4 aromatic rings. The third-order valence-corrected chi connectivity index (χ3v) is 6.65. The van der Waals surface area contributed by atoms with E-state index in [1.165, 1.54) is 19.2 Å². The van der Waals surface area contributed by atoms with Crippen LogP contribution in [0, 0.1) is 5.82 Å². The number of anilines is 1. The average Bonchev–Trinajstić information content (AvgIpc) is 3.16. The van der Waals surface area contributed by atoms with Gasteiger partial charge in [-0.25, -0.2) is 12.8 Å². The van der Waals surface area contributed by atoms with Crippen molar-refractivity contribution in [1.82, 2.24) is 4.57 Å². The number of ether oxygens (including phenoxy) is 1. The topological polar surface area (TPSA) is 103 Å². The Bertz CT molecular complexity index is 1540. The van der Waals surface area contributed by atoms with E-state index in [-0.39, 0.29) is 17.2 Å². The van der Waals surface area contributed by atoms with Gasteiger partial charge in [0.1, 0.15) is 17.3 Å². The lowest BCUT2D eigenvalue weighted by atomic mass is 9.78. The largest absolute Gasteiger partial charge is 0.495 e. The van der Waals surface area contributed by atoms with Gasteiger partial charge in [0, 0.05) is 16.5 Å². The fourth-order valence-electron chi connectivity index (χ4n) is 4.21. The van der Waals surface area contributed by atoms with E-state index in [9.17, 15) is 17.6 Å². The van der Waals surface area contributed by atoms with Crippen LogP contribution in [0.2, 0.25) is 0 Å². The molecule has 0 aliphatic carbocycles. The number of carbonyl (C=O) groups excluding carboxylic acids is 1. The van der Waals surface area contributed by atoms with Crippen LogP contribution in [-0.2, 0) is 15.4 Å². The van der Waals surface area contributed by atoms with Crippen LogP contribution in [0.1, 0.15) is 35.5 Å². The van der Waals surface area contributed by atoms with E-state index in [0.717, 1.165) is 17.4 Å². The van der Waals surface area contributed by atoms with Crippen LogP contribution in [0.3, 0.4) is 0 Å². The molecule has 0 fully saturated rings. The molecule has 0 radical (unpaired) electrons. The van der Waals surface area contributed by atoms with Crippen molar-refractivity contribution in [3.63, 3.8) is 0 Å². The van der Waals surface area contributed by atoms with Crippen LogP contribution in [0.5, 0.6) is 5.75 Å². The number of benzene rings is 3. The molecule has 0 aliphatic rings. The second kappa shape index (κ2) is 8.74. The number of primary amides is 1. The quantitative estimate of drug-likeness (QED) is 0.392. The summed E-state index contributed by atoms with van der Waals surface area (Å²) in [6.07, 6.45) is 1.05. The first-order chi connectivity index (χ1) is 16.4. The third-order valence-electron chi connectivity index (χ3n) is 6.06. The monoisotopic (exact) mass is 495 g/mol. The number of sulfonamides is 1. The first-order valence-electron chi connectivity index (χ1n) is 10.8. The van der Waals surface area contributed by atoms with Gasteiger partial charge in [-0.1, -0.05) is 38.1 Å². The van der Waals surface area contributed by atoms with Crippen molar-refractivity contribution in [2.75, 3.05) is 18.1 Å². The van der Waals surface area contributed by atoms with Gasteiger partial charge >= 0.3 is 0 Å². The zero-order valence-electron chi connectivity index (χ0n) is 19.8. The molecular weight excluding hydrogens is 469 g/mol. The van der Waals surface area contributed by atoms with Crippen molar-refractivity contribution in [2.45, 2.75) is 19.3 Å². The van der Waals surface area contributed by atoms with Gasteiger partial charge in [0.2, 0.25) is 10.0 Å². The fraction of sp³-hybridized carbons (Fsp3) is 0.192. The lowest BCUT2D eigenvalue weighted by molar-refractivity contribution is 0.0994. The molecule has 3 aromatic carbocycles. The van der Waals surface area contributed by atoms with Crippen LogP contribution in [-0.4, -0.2) is 32.3 Å². The number of carbonyl (C=O) groups is 1. The molecule has 182 valence electrons. The average molecular weight is 496 g/mol. The smallest absolute Gasteiger partial charge is 0.265 e. The lowest BCUT2D eigenvalue weighted by Crippen LogP contribution is -2.20. The molecule has 1 aromatic heterocycles. The van der Waals surface area contributed by atoms with Crippen LogP contribution >= 0.6 is 0 Å². The Morgan fingerprint density at radius 1 is 1.03 bits per heavy atom. The number of halogens is 1. The highest BCUT2D eigenvalue weighted by molar-refractivity contribution is 7.92. The number of methoxy groups -OCH3 is 1. The number of nitrogens with one attached hydrogen (secondary N) is 1. The highest BCUT2D eigenvalue weighted by Gasteiger charge is 2.25. The molecular formula is C26H26FN3O4S. The van der Waals surface area contributed by atoms with Crippen molar-refractivity contribution < 1.29 is 22.3 Å². The number of fused-ring (bicyclic) bond motifs is 1. The molecule has 0 bridgehead atoms. The molecule has 3 N–H and O–H groups in total. The molecule has 35 heavy (non-hydrogen) atoms. The van der Waals surface area contributed by atoms with E-state index in [2.05, 4.69) is 4.72 Å². The number of hydrogen-bond donors (Lipinski definition) is 2. The summed E-state index contributed by atoms with van der Waals surface area (Å²) in [5.74, 6) is -0.638. The number of hydrogen-bond acceptors (Lipinski definition) is 4. The van der Waals surface area contributed by atoms with Gasteiger partial charge in [0.05, 0.1) is 24.6 Å². The number of nitrogens with two attached hydrogens (primary N) is 1. The molecule has 0 saturated heterocycles. The van der Waals surface area contributed by atoms with E-state index in [1.807, 2.05) is 38.1 Å². The Labute approximate surface area is 203 Å². The maximum absolute atomic E-state index is 13.5. The van der Waals surface area contributed by atoms with Gasteiger partial charge in [0.25, 0.3) is 5.91 Å². The Hall–Kier alpha value is -3.85. The molecule has 0 atom stereocenters. The first kappa shape index (κ1) is 24.3. The van der Waals surface area contributed by atoms with E-state index in [0.29, 0.717) is 22.3 Å². The maximum Gasteiger partial charge on any atom is 0.265 e. The van der Waals surface area contributed by atoms with Crippen molar-refractivity contribution in [3.05, 3.63) is 89.4 Å². The van der Waals surface area contributed by atoms with Gasteiger partial charge in [-0.2, -0.15) is 0 Å². The Morgan fingerprint density at radius 2 is 1.71 bits per heavy atom. The molecule has 1 amide bonds. The van der Waals surface area contributed by atoms with Gasteiger partial charge in [-0.15, -0.1) is 0 Å². The first-order valence-corrected chi connectivity index (χ1v) is 12.7. The Kier molecular flexibility index (Phi) is 6.06. The second-order valence-corrected chi connectivity index (χ2v) is 10.6. The van der Waals surface area contributed by atoms with Crippen LogP contribution in [0.15, 0.2) is 66.7 Å². The molecule has 0 spiro atoms. The minimum absolute atomic E-state index is 0.232. The zero-order chi connectivity index (χ0) is 25.5. The maximum atomic E-state index is 13.5. The van der Waals surface area contributed by atoms with Crippen LogP contribution in [0.25, 0.3) is 16.6 Å². The molecule has 4 rings (SSSR count). The van der Waals surface area contributed by atoms with Crippen molar-refractivity contribution >= 4 is 32.5 Å². The van der Waals surface area contributed by atoms with Gasteiger partial charge in [-0.3, -0.25) is 9.52 Å². The van der Waals surface area contributed by atoms with Crippen molar-refractivity contribution in [1.29, 1.82) is 0 Å². The number of nitrogens with zero attached hydrogens (tertiary/aromatic N) is 1. The second-order valence-electron chi connectivity index (χ2n) is 8.90. The SMILES string of the molecule is COc1cc2cc(C(N)=O)n(-c3cccc(C(C)(C)c4ccc(F)cc4)c3)c2cc1NS(C)(=O)=O. The minimum Gasteiger partial charge on any atom is -0.495 e. The summed E-state index contributed by atoms with van der Waals surface area (Å²) in [5, 5.41) is 0.651. The van der Waals surface area contributed by atoms with Crippen molar-refractivity contribution in [2.24, 2.45) is 5.73 Å². The Balaban J connectivity index is 1.93. The van der Waals surface area contributed by atoms with E-state index in [4.69, 9.17) is 10.5 Å². The van der Waals surface area contributed by atoms with E-state index >= 15 is 0 Å². The lowest BCUT2D eigenvalue weighted by Gasteiger charge is -2.27. The molecule has 0 aliphatic heterocycles. The zero-order valence-corrected chi connectivity index (χ0v) is 20.6. The van der Waals surface area contributed by atoms with Crippen LogP contribution in [0.4, 0.5) is 10.1 Å². The van der Waals surface area contributed by atoms with Gasteiger partial charge in [0.15, 0.2) is 0 Å². The number of amides is 1. The molecule has 0 unspecified atom stereocenters. The minimum atomic E-state index is -3.58. The third kappa shape index (κ3) is 4.72. The summed E-state index contributed by atoms with van der Waals surface area (Å²) in [4.78, 5) is 12.4. The summed E-state index contributed by atoms with van der Waals surface area (Å²) in [6, 6.07) is 18.8. The molecule has 7 nitrogen and oxygen atoms in total. The predicted octanol–water partition coefficient (Wildman–Crippen LogP) is 4.57. The molecule has 0 saturated carbocycles. The van der Waals surface area contributed by atoms with Crippen molar-refractivity contribution in [3.8, 4) is 11.4 Å². The van der Waals surface area contributed by atoms with Crippen LogP contribution < -0.4 is 15.2 Å². The predicted molar refractivity (Wildman–Crippen MR) is 135 cm³/mol. The highest BCUT2D eigenvalue weighted by Crippen LogP contribution is 2.36. The summed E-state index contributed by atoms with van der Waals surface area (Å²) in [5.41, 5.74) is 8.81. The summed E-state index contributed by atoms with van der Waals surface area (Å²) >= 11 is 0. The summed E-state index contributed by atoms with van der Waals surface area (Å²) in [6.45, 7) is 4.06. The fourth-order valence-corrected chi connectivity index (χ4v) is 4.77. The van der Waals surface area contributed by atoms with Gasteiger partial charge < -0.3 is 15.0 Å². The molecule has 9 heteroatoms. The summed E-state index contributed by atoms with van der Waals surface area (Å²) < 4.78 is 46.8. The Morgan fingerprint density at radius 3 is 2.31 bits per heavy atom. The normalized spacial score (nSPS) is 12.0. The molecule has 1 heterocycles. The highest BCUT2D eigenvalue weighted by atomic mass is 32.2. The number of aromatic nitrogens is 1. The summed E-state index contributed by atoms with van der Waals surface area (Å²) in [7, 11) is -2.15. The standard InChI is InChI=1S/C26H26FN3O4S/c1-26(2,17-8-10-19(27)11-9-17)18-6-5-7-20(14-18)30-22-15-21(29-35(4,32)33)24(34-3)13-16(22)12-23(30)25(28)31/h5-15,29H,1-4H3,(H2,28,31).